The second-order valence-electron chi connectivity index (χ2n) is 19.1. The van der Waals surface area contributed by atoms with E-state index in [0.717, 1.165) is 103 Å². The third kappa shape index (κ3) is 15.9. The van der Waals surface area contributed by atoms with Gasteiger partial charge in [-0.25, -0.2) is 0 Å². The van der Waals surface area contributed by atoms with Gasteiger partial charge in [-0.15, -0.1) is 5.10 Å². The van der Waals surface area contributed by atoms with Gasteiger partial charge in [0.15, 0.2) is 5.71 Å². The molecule has 0 radical (unpaired) electrons. The van der Waals surface area contributed by atoms with Gasteiger partial charge in [-0.1, -0.05) is 56.6 Å². The van der Waals surface area contributed by atoms with Gasteiger partial charge in [-0.3, -0.25) is 23.4 Å². The maximum absolute atomic E-state index is 12.8. The Morgan fingerprint density at radius 1 is 0.783 bits per heavy atom. The second-order valence-corrected chi connectivity index (χ2v) is 23.1. The van der Waals surface area contributed by atoms with E-state index in [1.165, 1.54) is 49.9 Å². The van der Waals surface area contributed by atoms with Gasteiger partial charge in [0, 0.05) is 79.4 Å². The molecule has 69 heavy (non-hydrogen) atoms. The Balaban J connectivity index is 1.02. The van der Waals surface area contributed by atoms with Crippen LogP contribution in [-0.2, 0) is 53.6 Å². The summed E-state index contributed by atoms with van der Waals surface area (Å²) in [5, 5.41) is 20.3. The quantitative estimate of drug-likeness (QED) is 0.0212. The number of likely N-dealkylation sites (N-methyl/N-ethyl adjacent to an activating group) is 1. The number of fused-ring (bicyclic) bond motifs is 2. The third-order valence-corrected chi connectivity index (χ3v) is 15.8. The molecule has 18 heteroatoms. The van der Waals surface area contributed by atoms with Crippen LogP contribution in [0.15, 0.2) is 88.5 Å². The summed E-state index contributed by atoms with van der Waals surface area (Å²) in [6.07, 6.45) is 27.5. The molecule has 3 aromatic rings. The smallest absolute Gasteiger partial charge is 0.304 e. The van der Waals surface area contributed by atoms with Crippen LogP contribution in [0.3, 0.4) is 0 Å². The van der Waals surface area contributed by atoms with E-state index in [1.54, 1.807) is 23.9 Å². The number of carboxylic acids is 1. The van der Waals surface area contributed by atoms with Crippen molar-refractivity contribution in [3.05, 3.63) is 95.5 Å². The predicted molar refractivity (Wildman–Crippen MR) is 274 cm³/mol. The lowest BCUT2D eigenvalue weighted by molar-refractivity contribution is -0.438. The molecule has 0 atom stereocenters. The number of carbonyl (C=O) groups is 2. The lowest BCUT2D eigenvalue weighted by Gasteiger charge is -2.23. The number of nitrogens with one attached hydrogen (secondary N) is 1. The monoisotopic (exact) mass is 1010 g/mol. The van der Waals surface area contributed by atoms with Crippen LogP contribution < -0.4 is 10.2 Å². The first kappa shape index (κ1) is 55.3. The number of amides is 1. The van der Waals surface area contributed by atoms with Crippen molar-refractivity contribution < 1.29 is 45.2 Å². The van der Waals surface area contributed by atoms with Gasteiger partial charge in [0.25, 0.3) is 20.2 Å². The summed E-state index contributed by atoms with van der Waals surface area (Å²) in [6.45, 7) is 9.88. The minimum Gasteiger partial charge on any atom is -0.481 e. The van der Waals surface area contributed by atoms with E-state index in [4.69, 9.17) is 5.11 Å². The van der Waals surface area contributed by atoms with Gasteiger partial charge in [0.1, 0.15) is 6.54 Å². The minimum atomic E-state index is -4.43. The first-order valence-corrected chi connectivity index (χ1v) is 28.4. The highest BCUT2D eigenvalue weighted by Gasteiger charge is 2.45. The van der Waals surface area contributed by atoms with Crippen molar-refractivity contribution in [2.45, 2.75) is 158 Å². The zero-order valence-corrected chi connectivity index (χ0v) is 43.5. The SMILES string of the molecule is CN1/C(=C/C=C/C2=[N+](CCCCCC(=O)NCCCn3cc(CCCCCCC/C=C\CCCCSCCC(=O)O)nn3)c3ccc(S(=O)(=O)O)cc3C2(C)C)C(C)(C)c2cc(S(=O)(=O)O)ccc21. The van der Waals surface area contributed by atoms with E-state index in [2.05, 4.69) is 32.4 Å². The lowest BCUT2D eigenvalue weighted by atomic mass is 9.81. The molecule has 0 saturated carbocycles. The summed E-state index contributed by atoms with van der Waals surface area (Å²) < 4.78 is 71.8. The number of rotatable bonds is 30. The molecule has 2 aliphatic heterocycles. The molecule has 0 fully saturated rings. The summed E-state index contributed by atoms with van der Waals surface area (Å²) >= 11 is 1.72. The molecule has 0 aliphatic carbocycles. The number of hydrogen-bond donors (Lipinski definition) is 4. The van der Waals surface area contributed by atoms with E-state index in [0.29, 0.717) is 38.2 Å². The number of benzene rings is 2. The van der Waals surface area contributed by atoms with Gasteiger partial charge in [0.05, 0.1) is 27.3 Å². The van der Waals surface area contributed by atoms with Crippen molar-refractivity contribution in [3.63, 3.8) is 0 Å². The van der Waals surface area contributed by atoms with Crippen molar-refractivity contribution in [1.29, 1.82) is 0 Å². The average Bonchev–Trinajstić information content (AvgIpc) is 3.88. The van der Waals surface area contributed by atoms with Crippen molar-refractivity contribution in [1.82, 2.24) is 20.3 Å². The molecular formula is C51H73N6O9S3+. The fourth-order valence-corrected chi connectivity index (χ4v) is 11.1. The van der Waals surface area contributed by atoms with Crippen molar-refractivity contribution in [3.8, 4) is 0 Å². The molecule has 1 aromatic heterocycles. The number of unbranched alkanes of at least 4 members (excludes halogenated alkanes) is 9. The van der Waals surface area contributed by atoms with Gasteiger partial charge in [-0.05, 0) is 126 Å². The molecular weight excluding hydrogens is 937 g/mol. The highest BCUT2D eigenvalue weighted by atomic mass is 32.2. The van der Waals surface area contributed by atoms with E-state index in [1.807, 2.05) is 68.7 Å². The van der Waals surface area contributed by atoms with Crippen molar-refractivity contribution >= 4 is 61.0 Å². The summed E-state index contributed by atoms with van der Waals surface area (Å²) in [7, 11) is -6.90. The zero-order valence-electron chi connectivity index (χ0n) is 41.0. The lowest BCUT2D eigenvalue weighted by Crippen LogP contribution is -2.28. The number of carboxylic acid groups (broad SMARTS) is 1. The third-order valence-electron chi connectivity index (χ3n) is 13.1. The van der Waals surface area contributed by atoms with Crippen molar-refractivity contribution in [2.75, 3.05) is 36.5 Å². The first-order chi connectivity index (χ1) is 32.7. The molecule has 0 spiro atoms. The molecule has 378 valence electrons. The molecule has 5 rings (SSSR count). The van der Waals surface area contributed by atoms with Gasteiger partial charge < -0.3 is 15.3 Å². The van der Waals surface area contributed by atoms with Crippen LogP contribution in [0.1, 0.15) is 141 Å². The normalized spacial score (nSPS) is 16.0. The molecule has 0 bridgehead atoms. The Hall–Kier alpha value is -4.62. The van der Waals surface area contributed by atoms with Crippen LogP contribution in [0.4, 0.5) is 11.4 Å². The number of carbonyl (C=O) groups excluding carboxylic acids is 1. The molecule has 3 heterocycles. The fourth-order valence-electron chi connectivity index (χ4n) is 9.18. The number of hydrogen-bond acceptors (Lipinski definition) is 10. The molecule has 0 unspecified atom stereocenters. The number of nitrogens with zero attached hydrogens (tertiary/aromatic N) is 5. The van der Waals surface area contributed by atoms with Gasteiger partial charge in [-0.2, -0.15) is 33.2 Å². The summed E-state index contributed by atoms with van der Waals surface area (Å²) in [5.74, 6) is 1.02. The van der Waals surface area contributed by atoms with Crippen LogP contribution in [0.2, 0.25) is 0 Å². The number of thioether (sulfide) groups is 1. The van der Waals surface area contributed by atoms with E-state index >= 15 is 0 Å². The fraction of sp³-hybridized carbons (Fsp3) is 0.549. The standard InChI is InChI=1S/C51H72N6O9S3/c1-50(2)42-36-40(68(61,62)63)26-28-44(42)55(5)46(50)23-20-24-47-51(3,4)43-37-41(69(64,65)66)27-29-45(43)57(47)33-18-15-17-25-48(58)52-31-21-32-56-38-39(53-54-56)22-16-13-11-9-7-6-8-10-12-14-19-34-67-35-30-49(59)60/h8,10,20,23-24,26-29,36-38H,6-7,9,11-19,21-22,25,30-35H2,1-5H3,(H3-,52,58,59,60,61,62,63,64,65,66)/p+1/b10-8-. The van der Waals surface area contributed by atoms with Gasteiger partial charge >= 0.3 is 5.97 Å². The number of aliphatic carboxylic acids is 1. The maximum Gasteiger partial charge on any atom is 0.304 e. The Morgan fingerprint density at radius 3 is 2.14 bits per heavy atom. The maximum atomic E-state index is 12.8. The Kier molecular flexibility index (Phi) is 20.4. The molecule has 15 nitrogen and oxygen atoms in total. The van der Waals surface area contributed by atoms with Crippen LogP contribution >= 0.6 is 11.8 Å². The largest absolute Gasteiger partial charge is 0.481 e. The predicted octanol–water partition coefficient (Wildman–Crippen LogP) is 9.60. The molecule has 0 saturated heterocycles. The topological polar surface area (TPSA) is 212 Å². The molecule has 2 aliphatic rings. The van der Waals surface area contributed by atoms with Gasteiger partial charge in [0.2, 0.25) is 11.6 Å². The van der Waals surface area contributed by atoms with Crippen molar-refractivity contribution in [2.24, 2.45) is 0 Å². The minimum absolute atomic E-state index is 0.00707. The Bertz CT molecular complexity index is 2600. The number of anilines is 1. The Labute approximate surface area is 414 Å². The van der Waals surface area contributed by atoms with Crippen LogP contribution in [0, 0.1) is 0 Å². The number of aryl methyl sites for hydroxylation is 2. The summed E-state index contributed by atoms with van der Waals surface area (Å²) in [5.41, 5.74) is 4.85. The highest BCUT2D eigenvalue weighted by Crippen LogP contribution is 2.48. The summed E-state index contributed by atoms with van der Waals surface area (Å²) in [6, 6.07) is 9.28. The highest BCUT2D eigenvalue weighted by molar-refractivity contribution is 7.99. The number of aromatic nitrogens is 3. The van der Waals surface area contributed by atoms with E-state index < -0.39 is 37.0 Å². The van der Waals surface area contributed by atoms with E-state index in [-0.39, 0.29) is 22.1 Å². The van der Waals surface area contributed by atoms with Crippen LogP contribution in [0.5, 0.6) is 0 Å². The molecule has 1 amide bonds. The van der Waals surface area contributed by atoms with E-state index in [9.17, 15) is 35.5 Å². The van der Waals surface area contributed by atoms with Crippen LogP contribution in [-0.4, -0.2) is 99.8 Å². The zero-order chi connectivity index (χ0) is 50.2. The van der Waals surface area contributed by atoms with Crippen LogP contribution in [0.25, 0.3) is 0 Å². The average molecular weight is 1010 g/mol. The Morgan fingerprint density at radius 2 is 1.43 bits per heavy atom. The molecule has 4 N–H and O–H groups in total. The summed E-state index contributed by atoms with van der Waals surface area (Å²) in [4.78, 5) is 25.0. The number of allylic oxidation sites excluding steroid dienone is 6. The second kappa shape index (κ2) is 25.5. The molecule has 2 aromatic carbocycles. The first-order valence-electron chi connectivity index (χ1n) is 24.3.